The van der Waals surface area contributed by atoms with Gasteiger partial charge in [0, 0.05) is 11.3 Å². The SMILES string of the molecule is CSC1(CNc2cnn(Cc3ccccc3)c(=O)c2Cl)CCC1. The monoisotopic (exact) mass is 349 g/mol. The van der Waals surface area contributed by atoms with Gasteiger partial charge in [-0.3, -0.25) is 4.79 Å². The molecule has 0 atom stereocenters. The smallest absolute Gasteiger partial charge is 0.287 e. The Balaban J connectivity index is 1.74. The second-order valence-electron chi connectivity index (χ2n) is 5.91. The normalized spacial score (nSPS) is 15.9. The van der Waals surface area contributed by atoms with Crippen LogP contribution in [0.1, 0.15) is 24.8 Å². The average Bonchev–Trinajstić information content (AvgIpc) is 2.54. The van der Waals surface area contributed by atoms with Gasteiger partial charge in [0.15, 0.2) is 0 Å². The van der Waals surface area contributed by atoms with Crippen molar-refractivity contribution in [2.45, 2.75) is 30.6 Å². The Labute approximate surface area is 145 Å². The first-order valence-corrected chi connectivity index (χ1v) is 9.32. The van der Waals surface area contributed by atoms with E-state index in [2.05, 4.69) is 16.7 Å². The number of thioether (sulfide) groups is 1. The van der Waals surface area contributed by atoms with Gasteiger partial charge in [0.05, 0.1) is 18.4 Å². The Morgan fingerprint density at radius 2 is 2.09 bits per heavy atom. The standard InChI is InChI=1S/C17H20ClN3OS/c1-23-17(8-5-9-17)12-19-14-10-20-21(16(22)15(14)18)11-13-6-3-2-4-7-13/h2-4,6-7,10,19H,5,8-9,11-12H2,1H3. The zero-order valence-electron chi connectivity index (χ0n) is 13.1. The van der Waals surface area contributed by atoms with E-state index in [0.717, 1.165) is 12.1 Å². The third-order valence-electron chi connectivity index (χ3n) is 4.46. The molecule has 23 heavy (non-hydrogen) atoms. The summed E-state index contributed by atoms with van der Waals surface area (Å²) in [7, 11) is 0. The van der Waals surface area contributed by atoms with Crippen LogP contribution in [0.3, 0.4) is 0 Å². The molecule has 1 aromatic carbocycles. The van der Waals surface area contributed by atoms with E-state index in [0.29, 0.717) is 12.2 Å². The molecule has 0 unspecified atom stereocenters. The predicted octanol–water partition coefficient (Wildman–Crippen LogP) is 3.64. The van der Waals surface area contributed by atoms with Gasteiger partial charge in [-0.1, -0.05) is 48.4 Å². The minimum atomic E-state index is -0.257. The highest BCUT2D eigenvalue weighted by Gasteiger charge is 2.36. The number of hydrogen-bond donors (Lipinski definition) is 1. The summed E-state index contributed by atoms with van der Waals surface area (Å²) in [5.41, 5.74) is 1.39. The fourth-order valence-corrected chi connectivity index (χ4v) is 3.86. The van der Waals surface area contributed by atoms with Crippen molar-refractivity contribution in [1.82, 2.24) is 9.78 Å². The number of benzene rings is 1. The first-order valence-electron chi connectivity index (χ1n) is 7.72. The van der Waals surface area contributed by atoms with Crippen molar-refractivity contribution in [3.05, 3.63) is 57.5 Å². The fourth-order valence-electron chi connectivity index (χ4n) is 2.74. The average molecular weight is 350 g/mol. The molecule has 1 heterocycles. The zero-order chi connectivity index (χ0) is 16.3. The molecule has 2 aromatic rings. The number of halogens is 1. The van der Waals surface area contributed by atoms with Crippen LogP contribution in [-0.4, -0.2) is 27.3 Å². The van der Waals surface area contributed by atoms with Crippen LogP contribution in [0.4, 0.5) is 5.69 Å². The van der Waals surface area contributed by atoms with E-state index in [-0.39, 0.29) is 15.3 Å². The van der Waals surface area contributed by atoms with Crippen molar-refractivity contribution in [3.63, 3.8) is 0 Å². The van der Waals surface area contributed by atoms with E-state index >= 15 is 0 Å². The summed E-state index contributed by atoms with van der Waals surface area (Å²) in [6.45, 7) is 1.24. The summed E-state index contributed by atoms with van der Waals surface area (Å²) >= 11 is 8.14. The van der Waals surface area contributed by atoms with Gasteiger partial charge in [-0.25, -0.2) is 4.68 Å². The highest BCUT2D eigenvalue weighted by atomic mass is 35.5. The molecule has 0 radical (unpaired) electrons. The summed E-state index contributed by atoms with van der Waals surface area (Å²) < 4.78 is 1.68. The highest BCUT2D eigenvalue weighted by Crippen LogP contribution is 2.42. The van der Waals surface area contributed by atoms with Crippen LogP contribution in [0.2, 0.25) is 5.02 Å². The van der Waals surface area contributed by atoms with Gasteiger partial charge >= 0.3 is 0 Å². The van der Waals surface area contributed by atoms with Gasteiger partial charge in [-0.15, -0.1) is 0 Å². The van der Waals surface area contributed by atoms with Gasteiger partial charge in [0.1, 0.15) is 5.02 Å². The lowest BCUT2D eigenvalue weighted by Gasteiger charge is -2.40. The number of nitrogens with zero attached hydrogens (tertiary/aromatic N) is 2. The molecule has 1 aliphatic rings. The number of nitrogens with one attached hydrogen (secondary N) is 1. The molecule has 6 heteroatoms. The summed E-state index contributed by atoms with van der Waals surface area (Å²) in [6, 6.07) is 9.76. The van der Waals surface area contributed by atoms with Crippen LogP contribution < -0.4 is 10.9 Å². The van der Waals surface area contributed by atoms with Crippen molar-refractivity contribution in [1.29, 1.82) is 0 Å². The largest absolute Gasteiger partial charge is 0.381 e. The maximum absolute atomic E-state index is 12.4. The van der Waals surface area contributed by atoms with E-state index < -0.39 is 0 Å². The molecule has 1 N–H and O–H groups in total. The lowest BCUT2D eigenvalue weighted by molar-refractivity contribution is 0.380. The molecule has 0 spiro atoms. The van der Waals surface area contributed by atoms with Crippen LogP contribution in [0.15, 0.2) is 41.3 Å². The highest BCUT2D eigenvalue weighted by molar-refractivity contribution is 8.00. The molecule has 3 rings (SSSR count). The molecule has 1 aromatic heterocycles. The molecule has 1 saturated carbocycles. The number of aromatic nitrogens is 2. The van der Waals surface area contributed by atoms with Crippen molar-refractivity contribution < 1.29 is 0 Å². The van der Waals surface area contributed by atoms with Gasteiger partial charge in [-0.05, 0) is 24.7 Å². The van der Waals surface area contributed by atoms with E-state index in [1.54, 1.807) is 6.20 Å². The van der Waals surface area contributed by atoms with Crippen LogP contribution in [-0.2, 0) is 6.54 Å². The minimum Gasteiger partial charge on any atom is -0.381 e. The molecule has 122 valence electrons. The maximum atomic E-state index is 12.4. The van der Waals surface area contributed by atoms with E-state index in [4.69, 9.17) is 11.6 Å². The van der Waals surface area contributed by atoms with Gasteiger partial charge in [-0.2, -0.15) is 16.9 Å². The molecule has 1 fully saturated rings. The topological polar surface area (TPSA) is 46.9 Å². The van der Waals surface area contributed by atoms with Crippen LogP contribution >= 0.6 is 23.4 Å². The molecule has 0 amide bonds. The summed E-state index contributed by atoms with van der Waals surface area (Å²) in [4.78, 5) is 12.4. The third-order valence-corrected chi connectivity index (χ3v) is 6.24. The third kappa shape index (κ3) is 3.56. The number of hydrogen-bond acceptors (Lipinski definition) is 4. The molecule has 0 bridgehead atoms. The fraction of sp³-hybridized carbons (Fsp3) is 0.412. The Morgan fingerprint density at radius 1 is 1.35 bits per heavy atom. The van der Waals surface area contributed by atoms with E-state index in [1.807, 2.05) is 42.1 Å². The van der Waals surface area contributed by atoms with Crippen molar-refractivity contribution in [3.8, 4) is 0 Å². The van der Waals surface area contributed by atoms with Gasteiger partial charge < -0.3 is 5.32 Å². The Morgan fingerprint density at radius 3 is 2.70 bits per heavy atom. The lowest BCUT2D eigenvalue weighted by atomic mass is 9.84. The van der Waals surface area contributed by atoms with E-state index in [1.165, 1.54) is 23.9 Å². The number of rotatable bonds is 6. The van der Waals surface area contributed by atoms with Gasteiger partial charge in [0.2, 0.25) is 0 Å². The van der Waals surface area contributed by atoms with E-state index in [9.17, 15) is 4.79 Å². The first-order chi connectivity index (χ1) is 11.1. The van der Waals surface area contributed by atoms with Crippen molar-refractivity contribution in [2.24, 2.45) is 0 Å². The lowest BCUT2D eigenvalue weighted by Crippen LogP contribution is -2.40. The maximum Gasteiger partial charge on any atom is 0.287 e. The summed E-state index contributed by atoms with van der Waals surface area (Å²) in [6.07, 6.45) is 7.47. The molecular weight excluding hydrogens is 330 g/mol. The first kappa shape index (κ1) is 16.4. The molecule has 0 saturated heterocycles. The van der Waals surface area contributed by atoms with Crippen molar-refractivity contribution in [2.75, 3.05) is 18.1 Å². The second kappa shape index (κ2) is 6.97. The molecule has 1 aliphatic carbocycles. The number of anilines is 1. The summed E-state index contributed by atoms with van der Waals surface area (Å²) in [5.74, 6) is 0. The minimum absolute atomic E-state index is 0.214. The van der Waals surface area contributed by atoms with Crippen LogP contribution in [0.25, 0.3) is 0 Å². The summed E-state index contributed by atoms with van der Waals surface area (Å²) in [5, 5.41) is 7.78. The van der Waals surface area contributed by atoms with Crippen LogP contribution in [0.5, 0.6) is 0 Å². The van der Waals surface area contributed by atoms with Gasteiger partial charge in [0.25, 0.3) is 5.56 Å². The quantitative estimate of drug-likeness (QED) is 0.864. The predicted molar refractivity (Wildman–Crippen MR) is 97.6 cm³/mol. The van der Waals surface area contributed by atoms with Crippen molar-refractivity contribution >= 4 is 29.1 Å². The zero-order valence-corrected chi connectivity index (χ0v) is 14.7. The molecule has 4 nitrogen and oxygen atoms in total. The Bertz CT molecular complexity index is 723. The Hall–Kier alpha value is -1.46. The molecule has 0 aliphatic heterocycles. The van der Waals surface area contributed by atoms with Crippen LogP contribution in [0, 0.1) is 0 Å². The second-order valence-corrected chi connectivity index (χ2v) is 7.57. The Kier molecular flexibility index (Phi) is 4.97. The molecular formula is C17H20ClN3OS.